The number of hydrogen-bond donors (Lipinski definition) is 1. The number of likely N-dealkylation sites (N-methyl/N-ethyl adjacent to an activating group) is 1. The average molecular weight is 491 g/mol. The second-order valence-corrected chi connectivity index (χ2v) is 9.12. The number of esters is 1. The van der Waals surface area contributed by atoms with Crippen molar-refractivity contribution in [2.75, 3.05) is 25.5 Å². The molecule has 9 heteroatoms. The van der Waals surface area contributed by atoms with Gasteiger partial charge in [0.2, 0.25) is 5.91 Å². The molecule has 2 amide bonds. The molecule has 1 aromatic heterocycles. The van der Waals surface area contributed by atoms with Crippen LogP contribution in [-0.4, -0.2) is 52.4 Å². The molecule has 0 saturated carbocycles. The highest BCUT2D eigenvalue weighted by Gasteiger charge is 2.18. The van der Waals surface area contributed by atoms with Crippen molar-refractivity contribution in [3.05, 3.63) is 69.8 Å². The lowest BCUT2D eigenvalue weighted by molar-refractivity contribution is -0.136. The fourth-order valence-corrected chi connectivity index (χ4v) is 4.18. The van der Waals surface area contributed by atoms with Gasteiger partial charge in [-0.3, -0.25) is 19.0 Å². The fraction of sp³-hybridized carbons (Fsp3) is 0.370. The van der Waals surface area contributed by atoms with Gasteiger partial charge in [-0.15, -0.1) is 0 Å². The monoisotopic (exact) mass is 490 g/mol. The molecule has 0 atom stereocenters. The lowest BCUT2D eigenvalue weighted by atomic mass is 10.1. The normalized spacial score (nSPS) is 13.3. The van der Waals surface area contributed by atoms with Crippen molar-refractivity contribution in [2.24, 2.45) is 0 Å². The quantitative estimate of drug-likeness (QED) is 0.532. The first-order valence-corrected chi connectivity index (χ1v) is 12.1. The summed E-state index contributed by atoms with van der Waals surface area (Å²) in [6, 6.07) is 11.9. The predicted octanol–water partition coefficient (Wildman–Crippen LogP) is 3.08. The number of carbonyl (C=O) groups excluding carboxylic acids is 3. The van der Waals surface area contributed by atoms with Crippen LogP contribution < -0.4 is 10.9 Å². The van der Waals surface area contributed by atoms with E-state index in [1.807, 2.05) is 19.1 Å². The molecule has 36 heavy (non-hydrogen) atoms. The largest absolute Gasteiger partial charge is 0.452 e. The molecule has 0 unspecified atom stereocenters. The van der Waals surface area contributed by atoms with Gasteiger partial charge in [0.05, 0.1) is 23.0 Å². The molecule has 0 bridgehead atoms. The van der Waals surface area contributed by atoms with E-state index in [1.165, 1.54) is 24.1 Å². The Hall–Kier alpha value is -4.01. The Bertz CT molecular complexity index is 1350. The van der Waals surface area contributed by atoms with E-state index in [1.54, 1.807) is 22.8 Å². The van der Waals surface area contributed by atoms with Crippen molar-refractivity contribution in [2.45, 2.75) is 45.6 Å². The van der Waals surface area contributed by atoms with Crippen molar-refractivity contribution in [1.29, 1.82) is 0 Å². The van der Waals surface area contributed by atoms with Crippen LogP contribution in [0, 0.1) is 6.92 Å². The smallest absolute Gasteiger partial charge is 0.338 e. The summed E-state index contributed by atoms with van der Waals surface area (Å²) in [4.78, 5) is 56.0. The maximum atomic E-state index is 13.0. The number of nitrogens with one attached hydrogen (secondary N) is 1. The van der Waals surface area contributed by atoms with E-state index in [4.69, 9.17) is 4.74 Å². The molecule has 0 radical (unpaired) electrons. The highest BCUT2D eigenvalue weighted by molar-refractivity contribution is 5.96. The molecule has 2 heterocycles. The number of benzene rings is 2. The molecule has 4 rings (SSSR count). The number of aromatic nitrogens is 2. The van der Waals surface area contributed by atoms with Gasteiger partial charge >= 0.3 is 5.97 Å². The number of ether oxygens (including phenoxy) is 1. The van der Waals surface area contributed by atoms with Gasteiger partial charge in [0.25, 0.3) is 11.5 Å². The second-order valence-electron chi connectivity index (χ2n) is 9.12. The van der Waals surface area contributed by atoms with Crippen molar-refractivity contribution in [3.8, 4) is 0 Å². The third-order valence-corrected chi connectivity index (χ3v) is 6.27. The van der Waals surface area contributed by atoms with E-state index in [0.29, 0.717) is 23.1 Å². The van der Waals surface area contributed by atoms with Crippen molar-refractivity contribution < 1.29 is 19.1 Å². The predicted molar refractivity (Wildman–Crippen MR) is 136 cm³/mol. The zero-order valence-electron chi connectivity index (χ0n) is 20.6. The first-order valence-electron chi connectivity index (χ1n) is 12.1. The minimum atomic E-state index is -0.698. The maximum Gasteiger partial charge on any atom is 0.338 e. The minimum Gasteiger partial charge on any atom is -0.452 e. The molecule has 3 aromatic rings. The van der Waals surface area contributed by atoms with Crippen LogP contribution in [0.25, 0.3) is 10.9 Å². The number of aryl methyl sites for hydroxylation is 2. The molecule has 0 aliphatic carbocycles. The van der Waals surface area contributed by atoms with Gasteiger partial charge in [0.15, 0.2) is 6.61 Å². The van der Waals surface area contributed by atoms with Crippen LogP contribution in [0.4, 0.5) is 5.69 Å². The van der Waals surface area contributed by atoms with Gasteiger partial charge in [-0.25, -0.2) is 9.78 Å². The summed E-state index contributed by atoms with van der Waals surface area (Å²) in [5.74, 6) is -0.835. The number of fused-ring (bicyclic) bond motifs is 2. The highest BCUT2D eigenvalue weighted by atomic mass is 16.5. The first-order chi connectivity index (χ1) is 17.3. The van der Waals surface area contributed by atoms with Crippen LogP contribution in [0.1, 0.15) is 47.4 Å². The third-order valence-electron chi connectivity index (χ3n) is 6.27. The topological polar surface area (TPSA) is 111 Å². The summed E-state index contributed by atoms with van der Waals surface area (Å²) in [5, 5.41) is 3.17. The summed E-state index contributed by atoms with van der Waals surface area (Å²) >= 11 is 0. The van der Waals surface area contributed by atoms with E-state index in [-0.39, 0.29) is 23.6 Å². The zero-order chi connectivity index (χ0) is 25.7. The van der Waals surface area contributed by atoms with E-state index < -0.39 is 18.5 Å². The number of hydrogen-bond acceptors (Lipinski definition) is 6. The third kappa shape index (κ3) is 5.97. The Kier molecular flexibility index (Phi) is 7.77. The second kappa shape index (κ2) is 11.2. The Balaban J connectivity index is 1.36. The van der Waals surface area contributed by atoms with Crippen molar-refractivity contribution in [1.82, 2.24) is 14.5 Å². The van der Waals surface area contributed by atoms with E-state index in [2.05, 4.69) is 10.3 Å². The summed E-state index contributed by atoms with van der Waals surface area (Å²) in [6.07, 6.45) is 4.84. The van der Waals surface area contributed by atoms with Gasteiger partial charge in [-0.2, -0.15) is 0 Å². The minimum absolute atomic E-state index is 0.0995. The van der Waals surface area contributed by atoms with Crippen LogP contribution in [0.3, 0.4) is 0 Å². The number of rotatable bonds is 6. The van der Waals surface area contributed by atoms with Crippen molar-refractivity contribution >= 4 is 34.4 Å². The first kappa shape index (κ1) is 25.1. The zero-order valence-corrected chi connectivity index (χ0v) is 20.6. The van der Waals surface area contributed by atoms with Gasteiger partial charge < -0.3 is 15.0 Å². The van der Waals surface area contributed by atoms with Gasteiger partial charge in [-0.05, 0) is 50.1 Å². The molecule has 0 saturated heterocycles. The lowest BCUT2D eigenvalue weighted by Crippen LogP contribution is -2.37. The van der Waals surface area contributed by atoms with Gasteiger partial charge in [0.1, 0.15) is 5.82 Å². The molecule has 0 spiro atoms. The molecule has 1 aliphatic rings. The SMILES string of the molecule is Cc1ccc(NC(=O)CN(C)C(=O)COC(=O)c2ccc3c(=O)n4c(nc3c2)CCCCCC4)cc1. The fourth-order valence-electron chi connectivity index (χ4n) is 4.18. The van der Waals surface area contributed by atoms with E-state index in [9.17, 15) is 19.2 Å². The number of nitrogens with zero attached hydrogens (tertiary/aromatic N) is 3. The van der Waals surface area contributed by atoms with Gasteiger partial charge in [-0.1, -0.05) is 30.5 Å². The molecular formula is C27H30N4O5. The molecule has 9 nitrogen and oxygen atoms in total. The molecule has 1 aliphatic heterocycles. The molecule has 0 fully saturated rings. The molecule has 2 aromatic carbocycles. The summed E-state index contributed by atoms with van der Waals surface area (Å²) in [6.45, 7) is 1.91. The average Bonchev–Trinajstić information content (AvgIpc) is 2.84. The Morgan fingerprint density at radius 2 is 1.81 bits per heavy atom. The summed E-state index contributed by atoms with van der Waals surface area (Å²) in [5.41, 5.74) is 2.25. The van der Waals surface area contributed by atoms with Crippen LogP contribution >= 0.6 is 0 Å². The van der Waals surface area contributed by atoms with E-state index in [0.717, 1.165) is 43.5 Å². The molecular weight excluding hydrogens is 460 g/mol. The Labute approximate surface area is 209 Å². The maximum absolute atomic E-state index is 13.0. The van der Waals surface area contributed by atoms with Crippen LogP contribution in [0.15, 0.2) is 47.3 Å². The Morgan fingerprint density at radius 3 is 2.58 bits per heavy atom. The molecule has 1 N–H and O–H groups in total. The van der Waals surface area contributed by atoms with Crippen LogP contribution in [-0.2, 0) is 27.3 Å². The van der Waals surface area contributed by atoms with E-state index >= 15 is 0 Å². The highest BCUT2D eigenvalue weighted by Crippen LogP contribution is 2.17. The van der Waals surface area contributed by atoms with Crippen LogP contribution in [0.5, 0.6) is 0 Å². The molecule has 188 valence electrons. The lowest BCUT2D eigenvalue weighted by Gasteiger charge is -2.17. The van der Waals surface area contributed by atoms with Crippen LogP contribution in [0.2, 0.25) is 0 Å². The van der Waals surface area contributed by atoms with Gasteiger partial charge in [0, 0.05) is 25.7 Å². The number of amides is 2. The summed E-state index contributed by atoms with van der Waals surface area (Å²) in [7, 11) is 1.46. The Morgan fingerprint density at radius 1 is 1.06 bits per heavy atom. The standard InChI is InChI=1S/C27H30N4O5/c1-18-8-11-20(12-9-18)28-24(32)16-30(2)25(33)17-36-27(35)19-10-13-21-22(15-19)29-23-7-5-3-4-6-14-31(23)26(21)34/h8-13,15H,3-7,14,16-17H2,1-2H3,(H,28,32). The number of carbonyl (C=O) groups is 3. The number of anilines is 1. The summed E-state index contributed by atoms with van der Waals surface area (Å²) < 4.78 is 6.92. The van der Waals surface area contributed by atoms with Crippen molar-refractivity contribution in [3.63, 3.8) is 0 Å².